The van der Waals surface area contributed by atoms with Crippen molar-refractivity contribution in [3.05, 3.63) is 84.2 Å². The van der Waals surface area contributed by atoms with E-state index in [1.165, 1.54) is 0 Å². The van der Waals surface area contributed by atoms with E-state index in [1.54, 1.807) is 18.5 Å². The topological polar surface area (TPSA) is 86.9 Å². The highest BCUT2D eigenvalue weighted by molar-refractivity contribution is 5.90. The number of carbonyl (C=O) groups is 1. The quantitative estimate of drug-likeness (QED) is 0.556. The van der Waals surface area contributed by atoms with Gasteiger partial charge in [-0.3, -0.25) is 14.5 Å². The fourth-order valence-corrected chi connectivity index (χ4v) is 3.20. The number of aromatic nitrogens is 3. The van der Waals surface area contributed by atoms with Crippen molar-refractivity contribution in [2.75, 3.05) is 0 Å². The first-order valence-corrected chi connectivity index (χ1v) is 9.09. The zero-order chi connectivity index (χ0) is 19.5. The Morgan fingerprint density at radius 1 is 1.07 bits per heavy atom. The maximum atomic E-state index is 11.4. The fourth-order valence-electron chi connectivity index (χ4n) is 3.20. The van der Waals surface area contributed by atoms with E-state index in [0.717, 1.165) is 33.7 Å². The second kappa shape index (κ2) is 7.52. The van der Waals surface area contributed by atoms with Crippen LogP contribution in [0.15, 0.2) is 71.5 Å². The number of pyridine rings is 1. The molecule has 140 valence electrons. The van der Waals surface area contributed by atoms with E-state index in [0.29, 0.717) is 13.0 Å². The number of rotatable bonds is 6. The number of furan rings is 1. The minimum absolute atomic E-state index is 0.185. The Labute approximate surface area is 162 Å². The normalized spacial score (nSPS) is 10.9. The van der Waals surface area contributed by atoms with Gasteiger partial charge in [0.05, 0.1) is 12.2 Å². The molecule has 6 nitrogen and oxygen atoms in total. The number of nitrogens with zero attached hydrogens (tertiary/aromatic N) is 3. The molecule has 0 unspecified atom stereocenters. The number of carbonyl (C=O) groups excluding carboxylic acids is 1. The summed E-state index contributed by atoms with van der Waals surface area (Å²) in [7, 11) is 0. The molecule has 0 saturated carbocycles. The van der Waals surface area contributed by atoms with Crippen molar-refractivity contribution in [2.24, 2.45) is 5.73 Å². The molecule has 28 heavy (non-hydrogen) atoms. The van der Waals surface area contributed by atoms with Crippen LogP contribution in [0.25, 0.3) is 22.4 Å². The van der Waals surface area contributed by atoms with Gasteiger partial charge in [0, 0.05) is 36.1 Å². The molecule has 4 rings (SSSR count). The molecule has 0 saturated heterocycles. The molecule has 1 aromatic carbocycles. The van der Waals surface area contributed by atoms with Crippen LogP contribution in [0.5, 0.6) is 0 Å². The average Bonchev–Trinajstić information content (AvgIpc) is 3.36. The van der Waals surface area contributed by atoms with Crippen molar-refractivity contribution in [1.29, 1.82) is 0 Å². The Morgan fingerprint density at radius 2 is 1.86 bits per heavy atom. The van der Waals surface area contributed by atoms with E-state index in [4.69, 9.17) is 10.2 Å². The van der Waals surface area contributed by atoms with Crippen LogP contribution in [0.2, 0.25) is 0 Å². The largest absolute Gasteiger partial charge is 0.456 e. The second-order valence-corrected chi connectivity index (χ2v) is 6.49. The third kappa shape index (κ3) is 3.57. The second-order valence-electron chi connectivity index (χ2n) is 6.49. The lowest BCUT2D eigenvalue weighted by Gasteiger charge is -2.04. The number of hydrogen-bond acceptors (Lipinski definition) is 4. The molecule has 2 N–H and O–H groups in total. The van der Waals surface area contributed by atoms with Gasteiger partial charge in [-0.05, 0) is 41.5 Å². The van der Waals surface area contributed by atoms with Crippen LogP contribution in [0.1, 0.15) is 28.8 Å². The van der Waals surface area contributed by atoms with E-state index in [2.05, 4.69) is 22.2 Å². The first kappa shape index (κ1) is 17.7. The molecule has 3 heterocycles. The molecule has 0 aliphatic carbocycles. The third-order valence-electron chi connectivity index (χ3n) is 4.61. The molecule has 0 radical (unpaired) electrons. The molecular formula is C22H20N4O2. The average molecular weight is 372 g/mol. The molecule has 0 fully saturated rings. The van der Waals surface area contributed by atoms with E-state index in [-0.39, 0.29) is 5.76 Å². The van der Waals surface area contributed by atoms with E-state index < -0.39 is 5.91 Å². The van der Waals surface area contributed by atoms with E-state index in [9.17, 15) is 4.79 Å². The molecule has 0 aliphatic rings. The van der Waals surface area contributed by atoms with Gasteiger partial charge >= 0.3 is 0 Å². The van der Waals surface area contributed by atoms with Gasteiger partial charge in [0.2, 0.25) is 0 Å². The zero-order valence-electron chi connectivity index (χ0n) is 15.5. The van der Waals surface area contributed by atoms with Crippen molar-refractivity contribution < 1.29 is 9.21 Å². The number of primary amides is 1. The van der Waals surface area contributed by atoms with Crippen LogP contribution in [-0.4, -0.2) is 20.7 Å². The minimum Gasteiger partial charge on any atom is -0.456 e. The van der Waals surface area contributed by atoms with Crippen molar-refractivity contribution in [2.45, 2.75) is 19.9 Å². The first-order chi connectivity index (χ1) is 13.6. The lowest BCUT2D eigenvalue weighted by Crippen LogP contribution is -2.09. The van der Waals surface area contributed by atoms with Gasteiger partial charge in [-0.25, -0.2) is 0 Å². The first-order valence-electron chi connectivity index (χ1n) is 9.09. The van der Waals surface area contributed by atoms with Crippen molar-refractivity contribution in [3.63, 3.8) is 0 Å². The Balaban J connectivity index is 1.60. The zero-order valence-corrected chi connectivity index (χ0v) is 15.5. The number of benzene rings is 1. The monoisotopic (exact) mass is 372 g/mol. The molecule has 0 atom stereocenters. The lowest BCUT2D eigenvalue weighted by molar-refractivity contribution is 0.0972. The predicted octanol–water partition coefficient (Wildman–Crippen LogP) is 3.91. The Hall–Kier alpha value is -3.67. The predicted molar refractivity (Wildman–Crippen MR) is 107 cm³/mol. The van der Waals surface area contributed by atoms with E-state index >= 15 is 0 Å². The van der Waals surface area contributed by atoms with Gasteiger partial charge < -0.3 is 10.2 Å². The minimum atomic E-state index is -0.560. The summed E-state index contributed by atoms with van der Waals surface area (Å²) in [4.78, 5) is 15.4. The Morgan fingerprint density at radius 3 is 2.61 bits per heavy atom. The number of nitrogens with two attached hydrogens (primary N) is 1. The number of amides is 1. The summed E-state index contributed by atoms with van der Waals surface area (Å²) in [5.41, 5.74) is 10.4. The van der Waals surface area contributed by atoms with Gasteiger partial charge in [-0.15, -0.1) is 0 Å². The standard InChI is InChI=1S/C22H20N4O2/c1-2-20-18(13-21(28-20)22(23)27)14-26-11-8-19(25-26)17-5-3-4-16(12-17)15-6-9-24-10-7-15/h3-13H,2,14H2,1H3,(H2,23,27). The molecule has 6 heteroatoms. The highest BCUT2D eigenvalue weighted by Gasteiger charge is 2.14. The molecule has 0 aliphatic heterocycles. The summed E-state index contributed by atoms with van der Waals surface area (Å²) in [6.07, 6.45) is 6.18. The van der Waals surface area contributed by atoms with Crippen LogP contribution in [0.3, 0.4) is 0 Å². The van der Waals surface area contributed by atoms with Gasteiger partial charge in [-0.1, -0.05) is 25.1 Å². The summed E-state index contributed by atoms with van der Waals surface area (Å²) < 4.78 is 7.37. The molecular weight excluding hydrogens is 352 g/mol. The van der Waals surface area contributed by atoms with Crippen molar-refractivity contribution in [1.82, 2.24) is 14.8 Å². The highest BCUT2D eigenvalue weighted by Crippen LogP contribution is 2.25. The third-order valence-corrected chi connectivity index (χ3v) is 4.61. The van der Waals surface area contributed by atoms with Crippen molar-refractivity contribution in [3.8, 4) is 22.4 Å². The van der Waals surface area contributed by atoms with E-state index in [1.807, 2.05) is 48.1 Å². The number of hydrogen-bond donors (Lipinski definition) is 1. The number of aryl methyl sites for hydroxylation is 1. The molecule has 1 amide bonds. The molecule has 0 bridgehead atoms. The molecule has 0 spiro atoms. The van der Waals surface area contributed by atoms with Gasteiger partial charge in [0.15, 0.2) is 5.76 Å². The Bertz CT molecular complexity index is 1110. The molecule has 3 aromatic heterocycles. The Kier molecular flexibility index (Phi) is 4.76. The summed E-state index contributed by atoms with van der Waals surface area (Å²) in [6, 6.07) is 15.9. The van der Waals surface area contributed by atoms with Gasteiger partial charge in [-0.2, -0.15) is 5.10 Å². The van der Waals surface area contributed by atoms with Crippen molar-refractivity contribution >= 4 is 5.91 Å². The summed E-state index contributed by atoms with van der Waals surface area (Å²) >= 11 is 0. The SMILES string of the molecule is CCc1oc(C(N)=O)cc1Cn1ccc(-c2cccc(-c3ccncc3)c2)n1. The smallest absolute Gasteiger partial charge is 0.284 e. The van der Waals surface area contributed by atoms with Crippen LogP contribution >= 0.6 is 0 Å². The van der Waals surface area contributed by atoms with Crippen LogP contribution in [-0.2, 0) is 13.0 Å². The lowest BCUT2D eigenvalue weighted by atomic mass is 10.0. The van der Waals surface area contributed by atoms with Crippen LogP contribution in [0, 0.1) is 0 Å². The maximum absolute atomic E-state index is 11.4. The summed E-state index contributed by atoms with van der Waals surface area (Å²) in [5.74, 6) is 0.379. The highest BCUT2D eigenvalue weighted by atomic mass is 16.3. The summed E-state index contributed by atoms with van der Waals surface area (Å²) in [5, 5.41) is 4.69. The van der Waals surface area contributed by atoms with Crippen LogP contribution in [0.4, 0.5) is 0 Å². The van der Waals surface area contributed by atoms with Gasteiger partial charge in [0.25, 0.3) is 5.91 Å². The molecule has 4 aromatic rings. The van der Waals surface area contributed by atoms with Crippen LogP contribution < -0.4 is 5.73 Å². The fraction of sp³-hybridized carbons (Fsp3) is 0.136. The maximum Gasteiger partial charge on any atom is 0.284 e. The van der Waals surface area contributed by atoms with Gasteiger partial charge in [0.1, 0.15) is 5.76 Å². The summed E-state index contributed by atoms with van der Waals surface area (Å²) in [6.45, 7) is 2.50.